The number of aromatic nitrogens is 2. The van der Waals surface area contributed by atoms with Gasteiger partial charge in [-0.25, -0.2) is 0 Å². The molecule has 26 heavy (non-hydrogen) atoms. The SMILES string of the molecule is CN(Cc1cccnc1)C1COC2(CCN(Cc3cccn3C)CC2)C1. The Morgan fingerprint density at radius 3 is 2.81 bits per heavy atom. The summed E-state index contributed by atoms with van der Waals surface area (Å²) in [6.07, 6.45) is 9.37. The maximum Gasteiger partial charge on any atom is 0.0723 e. The zero-order chi connectivity index (χ0) is 18.0. The molecule has 0 aliphatic carbocycles. The van der Waals surface area contributed by atoms with Crippen molar-refractivity contribution in [2.45, 2.75) is 44.0 Å². The number of nitrogens with zero attached hydrogens (tertiary/aromatic N) is 4. The largest absolute Gasteiger partial charge is 0.373 e. The van der Waals surface area contributed by atoms with Gasteiger partial charge in [-0.3, -0.25) is 14.8 Å². The van der Waals surface area contributed by atoms with Gasteiger partial charge in [0.15, 0.2) is 0 Å². The molecular formula is C21H30N4O. The van der Waals surface area contributed by atoms with E-state index >= 15 is 0 Å². The highest BCUT2D eigenvalue weighted by molar-refractivity contribution is 5.09. The fourth-order valence-electron chi connectivity index (χ4n) is 4.37. The van der Waals surface area contributed by atoms with Crippen LogP contribution in [-0.4, -0.2) is 57.7 Å². The average Bonchev–Trinajstić information content (AvgIpc) is 3.25. The lowest BCUT2D eigenvalue weighted by molar-refractivity contribution is -0.0455. The minimum Gasteiger partial charge on any atom is -0.373 e. The number of rotatable bonds is 5. The molecule has 1 atom stereocenters. The van der Waals surface area contributed by atoms with Crippen molar-refractivity contribution in [3.63, 3.8) is 0 Å². The van der Waals surface area contributed by atoms with Gasteiger partial charge in [0.1, 0.15) is 0 Å². The van der Waals surface area contributed by atoms with Crippen molar-refractivity contribution < 1.29 is 4.74 Å². The first-order chi connectivity index (χ1) is 12.6. The van der Waals surface area contributed by atoms with E-state index < -0.39 is 0 Å². The minimum absolute atomic E-state index is 0.0958. The smallest absolute Gasteiger partial charge is 0.0723 e. The van der Waals surface area contributed by atoms with E-state index in [1.54, 1.807) is 0 Å². The first-order valence-corrected chi connectivity index (χ1v) is 9.69. The van der Waals surface area contributed by atoms with Gasteiger partial charge in [-0.2, -0.15) is 0 Å². The van der Waals surface area contributed by atoms with E-state index in [-0.39, 0.29) is 5.60 Å². The first kappa shape index (κ1) is 17.7. The maximum absolute atomic E-state index is 6.37. The predicted octanol–water partition coefficient (Wildman–Crippen LogP) is 2.68. The number of pyridine rings is 1. The summed E-state index contributed by atoms with van der Waals surface area (Å²) in [6, 6.07) is 9.02. The van der Waals surface area contributed by atoms with E-state index in [1.165, 1.54) is 11.3 Å². The number of aryl methyl sites for hydroxylation is 1. The molecule has 0 amide bonds. The third kappa shape index (κ3) is 3.85. The third-order valence-electron chi connectivity index (χ3n) is 6.17. The zero-order valence-electron chi connectivity index (χ0n) is 16.0. The van der Waals surface area contributed by atoms with Gasteiger partial charge in [-0.05, 0) is 50.1 Å². The van der Waals surface area contributed by atoms with Gasteiger partial charge in [0, 0.05) is 63.6 Å². The Kier molecular flexibility index (Phi) is 5.11. The quantitative estimate of drug-likeness (QED) is 0.827. The number of ether oxygens (including phenoxy) is 1. The molecule has 5 heteroatoms. The van der Waals surface area contributed by atoms with Crippen LogP contribution in [0, 0.1) is 0 Å². The average molecular weight is 354 g/mol. The molecule has 0 aromatic carbocycles. The molecule has 1 spiro atoms. The van der Waals surface area contributed by atoms with Crippen molar-refractivity contribution in [1.82, 2.24) is 19.4 Å². The second-order valence-electron chi connectivity index (χ2n) is 8.01. The highest BCUT2D eigenvalue weighted by atomic mass is 16.5. The molecule has 0 N–H and O–H groups in total. The summed E-state index contributed by atoms with van der Waals surface area (Å²) in [5, 5.41) is 0. The van der Waals surface area contributed by atoms with Gasteiger partial charge in [-0.1, -0.05) is 6.07 Å². The fourth-order valence-corrected chi connectivity index (χ4v) is 4.37. The van der Waals surface area contributed by atoms with Crippen LogP contribution < -0.4 is 0 Å². The summed E-state index contributed by atoms with van der Waals surface area (Å²) in [6.45, 7) is 5.10. The topological polar surface area (TPSA) is 33.5 Å². The number of likely N-dealkylation sites (tertiary alicyclic amines) is 1. The Bertz CT molecular complexity index is 706. The molecule has 2 aromatic heterocycles. The highest BCUT2D eigenvalue weighted by Gasteiger charge is 2.43. The molecule has 140 valence electrons. The van der Waals surface area contributed by atoms with Crippen molar-refractivity contribution >= 4 is 0 Å². The van der Waals surface area contributed by atoms with Crippen LogP contribution >= 0.6 is 0 Å². The van der Waals surface area contributed by atoms with Gasteiger partial charge < -0.3 is 9.30 Å². The van der Waals surface area contributed by atoms with Crippen LogP contribution in [0.4, 0.5) is 0 Å². The second-order valence-corrected chi connectivity index (χ2v) is 8.01. The van der Waals surface area contributed by atoms with Crippen LogP contribution in [0.15, 0.2) is 42.9 Å². The third-order valence-corrected chi connectivity index (χ3v) is 6.17. The van der Waals surface area contributed by atoms with Gasteiger partial charge in [0.2, 0.25) is 0 Å². The summed E-state index contributed by atoms with van der Waals surface area (Å²) >= 11 is 0. The summed E-state index contributed by atoms with van der Waals surface area (Å²) in [5.41, 5.74) is 2.76. The summed E-state index contributed by atoms with van der Waals surface area (Å²) in [7, 11) is 4.34. The summed E-state index contributed by atoms with van der Waals surface area (Å²) < 4.78 is 8.59. The van der Waals surface area contributed by atoms with Crippen molar-refractivity contribution in [3.05, 3.63) is 54.1 Å². The van der Waals surface area contributed by atoms with Crippen LogP contribution in [0.5, 0.6) is 0 Å². The Labute approximate surface area is 156 Å². The molecule has 5 nitrogen and oxygen atoms in total. The maximum atomic E-state index is 6.37. The Hall–Kier alpha value is -1.69. The van der Waals surface area contributed by atoms with E-state index in [2.05, 4.69) is 57.8 Å². The molecule has 2 aliphatic heterocycles. The van der Waals surface area contributed by atoms with Crippen LogP contribution in [0.3, 0.4) is 0 Å². The summed E-state index contributed by atoms with van der Waals surface area (Å²) in [4.78, 5) is 9.23. The molecule has 4 heterocycles. The monoisotopic (exact) mass is 354 g/mol. The Balaban J connectivity index is 1.29. The molecule has 0 bridgehead atoms. The molecule has 2 saturated heterocycles. The van der Waals surface area contributed by atoms with Crippen LogP contribution in [0.2, 0.25) is 0 Å². The summed E-state index contributed by atoms with van der Waals surface area (Å²) in [5.74, 6) is 0. The second kappa shape index (κ2) is 7.51. The van der Waals surface area contributed by atoms with E-state index in [0.29, 0.717) is 6.04 Å². The molecule has 0 radical (unpaired) electrons. The van der Waals surface area contributed by atoms with Crippen molar-refractivity contribution in [2.24, 2.45) is 7.05 Å². The standard InChI is InChI=1S/C21H30N4O/c1-23-10-4-6-19(23)16-25-11-7-21(8-12-25)13-20(17-26-21)24(2)15-18-5-3-9-22-14-18/h3-6,9-10,14,20H,7-8,11-13,15-17H2,1-2H3. The first-order valence-electron chi connectivity index (χ1n) is 9.69. The highest BCUT2D eigenvalue weighted by Crippen LogP contribution is 2.38. The normalized spacial score (nSPS) is 23.1. The van der Waals surface area contributed by atoms with Crippen LogP contribution in [0.1, 0.15) is 30.5 Å². The molecule has 1 unspecified atom stereocenters. The van der Waals surface area contributed by atoms with Gasteiger partial charge in [-0.15, -0.1) is 0 Å². The number of hydrogen-bond acceptors (Lipinski definition) is 4. The van der Waals surface area contributed by atoms with E-state index in [4.69, 9.17) is 4.74 Å². The Morgan fingerprint density at radius 1 is 1.27 bits per heavy atom. The van der Waals surface area contributed by atoms with E-state index in [0.717, 1.165) is 52.0 Å². The van der Waals surface area contributed by atoms with Crippen molar-refractivity contribution in [3.8, 4) is 0 Å². The van der Waals surface area contributed by atoms with E-state index in [1.807, 2.05) is 18.5 Å². The molecule has 2 aliphatic rings. The Morgan fingerprint density at radius 2 is 2.12 bits per heavy atom. The lowest BCUT2D eigenvalue weighted by Gasteiger charge is -2.39. The molecule has 4 rings (SSSR count). The zero-order valence-corrected chi connectivity index (χ0v) is 16.0. The molecular weight excluding hydrogens is 324 g/mol. The van der Waals surface area contributed by atoms with Gasteiger partial charge in [0.05, 0.1) is 12.2 Å². The fraction of sp³-hybridized carbons (Fsp3) is 0.571. The molecule has 2 fully saturated rings. The van der Waals surface area contributed by atoms with Crippen LogP contribution in [0.25, 0.3) is 0 Å². The number of hydrogen-bond donors (Lipinski definition) is 0. The molecule has 0 saturated carbocycles. The number of likely N-dealkylation sites (N-methyl/N-ethyl adjacent to an activating group) is 1. The lowest BCUT2D eigenvalue weighted by atomic mass is 9.87. The van der Waals surface area contributed by atoms with E-state index in [9.17, 15) is 0 Å². The molecule has 2 aromatic rings. The predicted molar refractivity (Wildman–Crippen MR) is 103 cm³/mol. The number of piperidine rings is 1. The van der Waals surface area contributed by atoms with Crippen molar-refractivity contribution in [2.75, 3.05) is 26.7 Å². The van der Waals surface area contributed by atoms with Gasteiger partial charge >= 0.3 is 0 Å². The van der Waals surface area contributed by atoms with Crippen molar-refractivity contribution in [1.29, 1.82) is 0 Å². The van der Waals surface area contributed by atoms with Gasteiger partial charge in [0.25, 0.3) is 0 Å². The lowest BCUT2D eigenvalue weighted by Crippen LogP contribution is -2.44. The minimum atomic E-state index is 0.0958. The van der Waals surface area contributed by atoms with Crippen LogP contribution in [-0.2, 0) is 24.9 Å².